The smallest absolute Gasteiger partial charge is 0.0541 e. The quantitative estimate of drug-likeness (QED) is 0.151. The van der Waals surface area contributed by atoms with E-state index in [1.54, 1.807) is 0 Å². The fraction of sp³-hybridized carbons (Fsp3) is 0.235. The van der Waals surface area contributed by atoms with Crippen molar-refractivity contribution < 1.29 is 0 Å². The standard InChI is InChI=1S/C68H66N2/c1-65(2,3)48-28-22-43(23-29-48)47-38-51(68(10,11)12)40-52(39-47)69(58-21-17-16-20-53(58)44-18-14-13-15-19-44)59-34-26-45-25-33-55-60(35-27-46-24-32-54(59)63(45)64(46)55)70-61-36-30-49(66(4,5)6)41-56(61)57-42-50(67(7,8)9)31-37-62(57)70/h13-42H,1-12H3. The van der Waals surface area contributed by atoms with E-state index in [1.165, 1.54) is 104 Å². The van der Waals surface area contributed by atoms with E-state index in [-0.39, 0.29) is 21.7 Å². The van der Waals surface area contributed by atoms with Gasteiger partial charge >= 0.3 is 0 Å². The molecule has 0 aliphatic carbocycles. The topological polar surface area (TPSA) is 8.17 Å². The Hall–Kier alpha value is -7.16. The molecular weight excluding hydrogens is 845 g/mol. The summed E-state index contributed by atoms with van der Waals surface area (Å²) in [6, 6.07) is 69.5. The van der Waals surface area contributed by atoms with Crippen LogP contribution in [0, 0.1) is 0 Å². The van der Waals surface area contributed by atoms with E-state index in [9.17, 15) is 0 Å². The molecule has 0 bridgehead atoms. The lowest BCUT2D eigenvalue weighted by Crippen LogP contribution is -2.16. The van der Waals surface area contributed by atoms with Gasteiger partial charge in [0.15, 0.2) is 0 Å². The van der Waals surface area contributed by atoms with E-state index >= 15 is 0 Å². The first kappa shape index (κ1) is 45.3. The zero-order chi connectivity index (χ0) is 49.1. The second-order valence-corrected chi connectivity index (χ2v) is 24.0. The number of hydrogen-bond acceptors (Lipinski definition) is 1. The lowest BCUT2D eigenvalue weighted by Gasteiger charge is -2.32. The van der Waals surface area contributed by atoms with Crippen LogP contribution in [-0.2, 0) is 21.7 Å². The molecule has 348 valence electrons. The van der Waals surface area contributed by atoms with Crippen molar-refractivity contribution in [3.63, 3.8) is 0 Å². The van der Waals surface area contributed by atoms with Gasteiger partial charge in [0.05, 0.1) is 28.1 Å². The van der Waals surface area contributed by atoms with E-state index in [0.717, 1.165) is 17.1 Å². The van der Waals surface area contributed by atoms with Crippen LogP contribution < -0.4 is 4.90 Å². The van der Waals surface area contributed by atoms with Crippen LogP contribution >= 0.6 is 0 Å². The molecule has 0 unspecified atom stereocenters. The Bertz CT molecular complexity index is 3710. The molecule has 70 heavy (non-hydrogen) atoms. The van der Waals surface area contributed by atoms with Gasteiger partial charge in [-0.3, -0.25) is 0 Å². The van der Waals surface area contributed by atoms with Gasteiger partial charge in [-0.25, -0.2) is 0 Å². The van der Waals surface area contributed by atoms with Crippen LogP contribution in [0.5, 0.6) is 0 Å². The Morgan fingerprint density at radius 3 is 1.44 bits per heavy atom. The minimum Gasteiger partial charge on any atom is -0.309 e. The predicted molar refractivity (Wildman–Crippen MR) is 305 cm³/mol. The molecule has 0 aliphatic heterocycles. The number of fused-ring (bicyclic) bond motifs is 3. The van der Waals surface area contributed by atoms with Gasteiger partial charge in [0.25, 0.3) is 0 Å². The fourth-order valence-electron chi connectivity index (χ4n) is 10.8. The number of anilines is 3. The summed E-state index contributed by atoms with van der Waals surface area (Å²) in [4.78, 5) is 2.55. The molecule has 0 radical (unpaired) electrons. The average molecular weight is 911 g/mol. The summed E-state index contributed by atoms with van der Waals surface area (Å²) < 4.78 is 2.53. The van der Waals surface area contributed by atoms with E-state index in [4.69, 9.17) is 0 Å². The maximum absolute atomic E-state index is 2.55. The summed E-state index contributed by atoms with van der Waals surface area (Å²) in [5, 5.41) is 10.1. The SMILES string of the molecule is CC(C)(C)c1ccc(-c2cc(N(c3ccccc3-c3ccccc3)c3ccc4ccc5c(-n6c7ccc(C(C)(C)C)cc7c7cc(C(C)(C)C)ccc76)ccc6ccc3c4c65)cc(C(C)(C)C)c2)cc1. The second-order valence-electron chi connectivity index (χ2n) is 24.0. The molecular formula is C68H66N2. The van der Waals surface area contributed by atoms with Gasteiger partial charge in [-0.1, -0.05) is 210 Å². The molecule has 2 heteroatoms. The fourth-order valence-corrected chi connectivity index (χ4v) is 10.8. The first-order valence-electron chi connectivity index (χ1n) is 25.3. The van der Waals surface area contributed by atoms with Crippen LogP contribution in [0.15, 0.2) is 182 Å². The van der Waals surface area contributed by atoms with Crippen molar-refractivity contribution in [3.8, 4) is 27.9 Å². The molecule has 0 amide bonds. The molecule has 1 aromatic heterocycles. The summed E-state index contributed by atoms with van der Waals surface area (Å²) in [6.45, 7) is 27.8. The van der Waals surface area contributed by atoms with Crippen LogP contribution in [0.25, 0.3) is 82.1 Å². The summed E-state index contributed by atoms with van der Waals surface area (Å²) in [6.07, 6.45) is 0. The molecule has 0 spiro atoms. The van der Waals surface area contributed by atoms with Gasteiger partial charge in [0.2, 0.25) is 0 Å². The van der Waals surface area contributed by atoms with E-state index in [0.29, 0.717) is 0 Å². The number of hydrogen-bond donors (Lipinski definition) is 0. The largest absolute Gasteiger partial charge is 0.309 e. The van der Waals surface area contributed by atoms with Crippen molar-refractivity contribution >= 4 is 71.2 Å². The monoisotopic (exact) mass is 911 g/mol. The van der Waals surface area contributed by atoms with Gasteiger partial charge in [-0.2, -0.15) is 0 Å². The third kappa shape index (κ3) is 7.73. The maximum Gasteiger partial charge on any atom is 0.0541 e. The number of nitrogens with zero attached hydrogens (tertiary/aromatic N) is 2. The summed E-state index contributed by atoms with van der Waals surface area (Å²) in [5.41, 5.74) is 17.2. The van der Waals surface area contributed by atoms with Gasteiger partial charge in [0, 0.05) is 32.8 Å². The van der Waals surface area contributed by atoms with Crippen LogP contribution in [0.4, 0.5) is 17.1 Å². The van der Waals surface area contributed by atoms with Crippen molar-refractivity contribution in [2.45, 2.75) is 105 Å². The van der Waals surface area contributed by atoms with Gasteiger partial charge in [-0.05, 0) is 137 Å². The first-order valence-corrected chi connectivity index (χ1v) is 25.3. The zero-order valence-electron chi connectivity index (χ0n) is 43.2. The molecule has 0 aliphatic rings. The number of benzene rings is 10. The Kier molecular flexibility index (Phi) is 10.5. The van der Waals surface area contributed by atoms with Crippen molar-refractivity contribution in [2.75, 3.05) is 4.90 Å². The average Bonchev–Trinajstić information content (AvgIpc) is 3.66. The second kappa shape index (κ2) is 16.2. The lowest BCUT2D eigenvalue weighted by atomic mass is 9.83. The van der Waals surface area contributed by atoms with Gasteiger partial charge < -0.3 is 9.47 Å². The molecule has 11 aromatic rings. The van der Waals surface area contributed by atoms with Crippen LogP contribution in [0.1, 0.15) is 105 Å². The molecule has 10 aromatic carbocycles. The third-order valence-electron chi connectivity index (χ3n) is 15.0. The van der Waals surface area contributed by atoms with Crippen molar-refractivity contribution in [3.05, 3.63) is 204 Å². The van der Waals surface area contributed by atoms with Crippen molar-refractivity contribution in [1.29, 1.82) is 0 Å². The molecule has 2 nitrogen and oxygen atoms in total. The Balaban J connectivity index is 1.19. The summed E-state index contributed by atoms with van der Waals surface area (Å²) >= 11 is 0. The van der Waals surface area contributed by atoms with Gasteiger partial charge in [0.1, 0.15) is 0 Å². The normalized spacial score (nSPS) is 12.9. The first-order chi connectivity index (χ1) is 33.2. The molecule has 0 N–H and O–H groups in total. The Morgan fingerprint density at radius 1 is 0.329 bits per heavy atom. The highest BCUT2D eigenvalue weighted by molar-refractivity contribution is 6.27. The van der Waals surface area contributed by atoms with E-state index in [1.807, 2.05) is 0 Å². The predicted octanol–water partition coefficient (Wildman–Crippen LogP) is 19.7. The molecule has 0 fully saturated rings. The maximum atomic E-state index is 2.55. The van der Waals surface area contributed by atoms with Gasteiger partial charge in [-0.15, -0.1) is 0 Å². The highest BCUT2D eigenvalue weighted by Gasteiger charge is 2.27. The number of aromatic nitrogens is 1. The Labute approximate surface area is 415 Å². The molecule has 0 saturated heterocycles. The molecule has 0 atom stereocenters. The molecule has 0 saturated carbocycles. The number of rotatable bonds is 6. The van der Waals surface area contributed by atoms with Crippen LogP contribution in [0.2, 0.25) is 0 Å². The minimum absolute atomic E-state index is 0.0256. The summed E-state index contributed by atoms with van der Waals surface area (Å²) in [7, 11) is 0. The third-order valence-corrected chi connectivity index (χ3v) is 15.0. The van der Waals surface area contributed by atoms with Crippen molar-refractivity contribution in [2.24, 2.45) is 0 Å². The zero-order valence-corrected chi connectivity index (χ0v) is 43.2. The van der Waals surface area contributed by atoms with Crippen LogP contribution in [0.3, 0.4) is 0 Å². The van der Waals surface area contributed by atoms with Crippen LogP contribution in [-0.4, -0.2) is 4.57 Å². The highest BCUT2D eigenvalue weighted by Crippen LogP contribution is 2.49. The van der Waals surface area contributed by atoms with E-state index < -0.39 is 0 Å². The number of para-hydroxylation sites is 1. The van der Waals surface area contributed by atoms with Crippen molar-refractivity contribution in [1.82, 2.24) is 4.57 Å². The minimum atomic E-state index is -0.102. The summed E-state index contributed by atoms with van der Waals surface area (Å²) in [5.74, 6) is 0. The molecule has 11 rings (SSSR count). The lowest BCUT2D eigenvalue weighted by molar-refractivity contribution is 0.590. The highest BCUT2D eigenvalue weighted by atomic mass is 15.1. The molecule has 1 heterocycles. The Morgan fingerprint density at radius 2 is 0.843 bits per heavy atom. The van der Waals surface area contributed by atoms with E-state index in [2.05, 4.69) is 275 Å².